The Hall–Kier alpha value is -2.56. The first-order chi connectivity index (χ1) is 16.1. The number of aliphatic hydroxyl groups excluding tert-OH is 1. The smallest absolute Gasteiger partial charge is 0.256 e. The Kier molecular flexibility index (Phi) is 5.11. The number of aromatic nitrogens is 2. The van der Waals surface area contributed by atoms with Crippen molar-refractivity contribution in [2.24, 2.45) is 0 Å². The number of carbonyl (C=O) groups is 1. The van der Waals surface area contributed by atoms with Crippen LogP contribution in [0.5, 0.6) is 0 Å². The van der Waals surface area contributed by atoms with E-state index in [0.717, 1.165) is 21.0 Å². The lowest BCUT2D eigenvalue weighted by molar-refractivity contribution is -0.139. The summed E-state index contributed by atoms with van der Waals surface area (Å²) in [5.41, 5.74) is 1.60. The third-order valence-corrected chi connectivity index (χ3v) is 7.93. The van der Waals surface area contributed by atoms with E-state index >= 15 is 0 Å². The number of ether oxygens (including phenoxy) is 2. The maximum absolute atomic E-state index is 13.6. The Balaban J connectivity index is 1.35. The molecule has 1 amide bonds. The molecular formula is C23H21ClN4O4S. The van der Waals surface area contributed by atoms with Gasteiger partial charge >= 0.3 is 0 Å². The Morgan fingerprint density at radius 1 is 1.27 bits per heavy atom. The van der Waals surface area contributed by atoms with Gasteiger partial charge in [0, 0.05) is 16.1 Å². The molecule has 0 radical (unpaired) electrons. The number of nitrogens with one attached hydrogen (secondary N) is 1. The minimum atomic E-state index is -0.595. The van der Waals surface area contributed by atoms with Gasteiger partial charge in [0.15, 0.2) is 0 Å². The number of rotatable bonds is 6. The number of anilines is 1. The van der Waals surface area contributed by atoms with Gasteiger partial charge < -0.3 is 24.8 Å². The van der Waals surface area contributed by atoms with Gasteiger partial charge in [-0.15, -0.1) is 11.3 Å². The Morgan fingerprint density at radius 2 is 2.12 bits per heavy atom. The zero-order valence-electron chi connectivity index (χ0n) is 17.5. The van der Waals surface area contributed by atoms with Crippen molar-refractivity contribution in [3.05, 3.63) is 63.6 Å². The molecule has 5 heterocycles. The maximum Gasteiger partial charge on any atom is 0.256 e. The summed E-state index contributed by atoms with van der Waals surface area (Å²) in [5.74, 6) is 0.430. The number of benzene rings is 1. The van der Waals surface area contributed by atoms with E-state index < -0.39 is 11.6 Å². The van der Waals surface area contributed by atoms with Crippen molar-refractivity contribution in [1.82, 2.24) is 14.9 Å². The summed E-state index contributed by atoms with van der Waals surface area (Å²) in [6.07, 6.45) is 1.71. The molecule has 2 fully saturated rings. The van der Waals surface area contributed by atoms with Crippen LogP contribution in [0.1, 0.15) is 26.8 Å². The molecule has 1 aromatic carbocycles. The average Bonchev–Trinajstić information content (AvgIpc) is 3.29. The molecule has 3 aliphatic heterocycles. The molecule has 1 spiro atoms. The van der Waals surface area contributed by atoms with Gasteiger partial charge in [-0.05, 0) is 29.8 Å². The SMILES string of the molecule is O=C1c2cc(-c3ccnc(NC4COC4)n3)sc2C2(COC2)N1[C@H](CO)c1cccc(Cl)c1. The Labute approximate surface area is 199 Å². The third-order valence-electron chi connectivity index (χ3n) is 6.34. The second-order valence-electron chi connectivity index (χ2n) is 8.45. The number of halogens is 1. The summed E-state index contributed by atoms with van der Waals surface area (Å²) in [5, 5.41) is 14.1. The van der Waals surface area contributed by atoms with Gasteiger partial charge in [-0.3, -0.25) is 4.79 Å². The van der Waals surface area contributed by atoms with Gasteiger partial charge in [0.2, 0.25) is 5.95 Å². The minimum Gasteiger partial charge on any atom is -0.394 e. The molecule has 170 valence electrons. The summed E-state index contributed by atoms with van der Waals surface area (Å²) in [7, 11) is 0. The van der Waals surface area contributed by atoms with E-state index in [0.29, 0.717) is 43.0 Å². The standard InChI is InChI=1S/C23H21ClN4O4S/c24-14-3-1-2-13(6-14)18(8-29)28-21(30)16-7-19(33-20(16)23(28)11-32-12-23)17-4-5-25-22(27-17)26-15-9-31-10-15/h1-7,15,18,29H,8-12H2,(H,25,26,27)/t18-/m1/s1. The van der Waals surface area contributed by atoms with Crippen LogP contribution < -0.4 is 5.32 Å². The van der Waals surface area contributed by atoms with E-state index in [1.807, 2.05) is 24.3 Å². The molecule has 6 rings (SSSR count). The zero-order chi connectivity index (χ0) is 22.6. The topological polar surface area (TPSA) is 96.8 Å². The van der Waals surface area contributed by atoms with Gasteiger partial charge in [-0.1, -0.05) is 23.7 Å². The molecule has 0 saturated carbocycles. The van der Waals surface area contributed by atoms with Gasteiger partial charge in [-0.2, -0.15) is 0 Å². The van der Waals surface area contributed by atoms with Crippen molar-refractivity contribution in [2.45, 2.75) is 17.6 Å². The predicted octanol–water partition coefficient (Wildman–Crippen LogP) is 3.08. The first kappa shape index (κ1) is 21.0. The average molecular weight is 485 g/mol. The van der Waals surface area contributed by atoms with Crippen LogP contribution in [0.15, 0.2) is 42.6 Å². The number of amides is 1. The quantitative estimate of drug-likeness (QED) is 0.555. The van der Waals surface area contributed by atoms with E-state index in [1.54, 1.807) is 34.6 Å². The number of thiophene rings is 1. The molecule has 2 saturated heterocycles. The van der Waals surface area contributed by atoms with Crippen LogP contribution in [0, 0.1) is 0 Å². The Morgan fingerprint density at radius 3 is 2.79 bits per heavy atom. The number of carbonyl (C=O) groups excluding carboxylic acids is 1. The molecule has 3 aliphatic rings. The summed E-state index contributed by atoms with van der Waals surface area (Å²) in [4.78, 5) is 26.2. The monoisotopic (exact) mass is 484 g/mol. The molecule has 0 unspecified atom stereocenters. The van der Waals surface area contributed by atoms with E-state index in [9.17, 15) is 9.90 Å². The van der Waals surface area contributed by atoms with Gasteiger partial charge in [0.1, 0.15) is 5.54 Å². The van der Waals surface area contributed by atoms with Gasteiger partial charge in [0.25, 0.3) is 5.91 Å². The van der Waals surface area contributed by atoms with E-state index in [1.165, 1.54) is 0 Å². The first-order valence-corrected chi connectivity index (χ1v) is 11.9. The van der Waals surface area contributed by atoms with Gasteiger partial charge in [-0.25, -0.2) is 9.97 Å². The van der Waals surface area contributed by atoms with Crippen LogP contribution >= 0.6 is 22.9 Å². The van der Waals surface area contributed by atoms with Crippen molar-refractivity contribution >= 4 is 34.8 Å². The van der Waals surface area contributed by atoms with Crippen molar-refractivity contribution in [1.29, 1.82) is 0 Å². The van der Waals surface area contributed by atoms with Crippen molar-refractivity contribution in [2.75, 3.05) is 38.4 Å². The van der Waals surface area contributed by atoms with Crippen molar-refractivity contribution in [3.63, 3.8) is 0 Å². The van der Waals surface area contributed by atoms with Crippen LogP contribution in [0.3, 0.4) is 0 Å². The first-order valence-electron chi connectivity index (χ1n) is 10.7. The van der Waals surface area contributed by atoms with Gasteiger partial charge in [0.05, 0.1) is 61.3 Å². The number of hydrogen-bond donors (Lipinski definition) is 2. The normalized spacial score (nSPS) is 19.8. The minimum absolute atomic E-state index is 0.117. The van der Waals surface area contributed by atoms with Crippen molar-refractivity contribution < 1.29 is 19.4 Å². The second-order valence-corrected chi connectivity index (χ2v) is 9.94. The highest BCUT2D eigenvalue weighted by Gasteiger charge is 2.58. The van der Waals surface area contributed by atoms with Crippen LogP contribution in [0.4, 0.5) is 5.95 Å². The molecule has 8 nitrogen and oxygen atoms in total. The van der Waals surface area contributed by atoms with E-state index in [4.69, 9.17) is 21.1 Å². The lowest BCUT2D eigenvalue weighted by Crippen LogP contribution is -2.58. The van der Waals surface area contributed by atoms with E-state index in [2.05, 4.69) is 15.3 Å². The predicted molar refractivity (Wildman–Crippen MR) is 124 cm³/mol. The zero-order valence-corrected chi connectivity index (χ0v) is 19.1. The highest BCUT2D eigenvalue weighted by atomic mass is 35.5. The highest BCUT2D eigenvalue weighted by Crippen LogP contribution is 2.53. The third kappa shape index (κ3) is 3.34. The highest BCUT2D eigenvalue weighted by molar-refractivity contribution is 7.16. The molecule has 10 heteroatoms. The molecule has 2 N–H and O–H groups in total. The molecular weight excluding hydrogens is 464 g/mol. The number of hydrogen-bond acceptors (Lipinski definition) is 8. The van der Waals surface area contributed by atoms with Crippen molar-refractivity contribution in [3.8, 4) is 10.6 Å². The largest absolute Gasteiger partial charge is 0.394 e. The molecule has 0 aliphatic carbocycles. The fraction of sp³-hybridized carbons (Fsp3) is 0.348. The molecule has 0 bridgehead atoms. The lowest BCUT2D eigenvalue weighted by atomic mass is 9.92. The summed E-state index contributed by atoms with van der Waals surface area (Å²) < 4.78 is 10.8. The fourth-order valence-corrected chi connectivity index (χ4v) is 6.05. The molecule has 33 heavy (non-hydrogen) atoms. The number of fused-ring (bicyclic) bond motifs is 2. The second kappa shape index (κ2) is 8.03. The fourth-order valence-electron chi connectivity index (χ4n) is 4.58. The molecule has 3 aromatic rings. The summed E-state index contributed by atoms with van der Waals surface area (Å²) >= 11 is 7.74. The maximum atomic E-state index is 13.6. The van der Waals surface area contributed by atoms with Crippen LogP contribution in [-0.4, -0.2) is 65.0 Å². The molecule has 1 atom stereocenters. The van der Waals surface area contributed by atoms with E-state index in [-0.39, 0.29) is 18.6 Å². The summed E-state index contributed by atoms with van der Waals surface area (Å²) in [6.45, 7) is 1.86. The lowest BCUT2D eigenvalue weighted by Gasteiger charge is -2.48. The number of nitrogens with zero attached hydrogens (tertiary/aromatic N) is 3. The Bertz CT molecular complexity index is 1230. The van der Waals surface area contributed by atoms with Crippen LogP contribution in [0.2, 0.25) is 5.02 Å². The number of aliphatic hydroxyl groups is 1. The summed E-state index contributed by atoms with van der Waals surface area (Å²) in [6, 6.07) is 10.7. The molecule has 2 aromatic heterocycles. The van der Waals surface area contributed by atoms with Crippen LogP contribution in [0.25, 0.3) is 10.6 Å². The van der Waals surface area contributed by atoms with Crippen LogP contribution in [-0.2, 0) is 15.0 Å².